The predicted octanol–water partition coefficient (Wildman–Crippen LogP) is 3.48. The van der Waals surface area contributed by atoms with E-state index in [2.05, 4.69) is 0 Å². The van der Waals surface area contributed by atoms with Crippen LogP contribution >= 0.6 is 58.4 Å². The molecule has 0 saturated carbocycles. The maximum atomic E-state index is 5.54. The van der Waals surface area contributed by atoms with E-state index < -0.39 is 0 Å². The molecular weight excluding hydrogens is 288 g/mol. The molecule has 0 unspecified atom stereocenters. The third-order valence-electron chi connectivity index (χ3n) is 2.26. The zero-order chi connectivity index (χ0) is 10.3. The average Bonchev–Trinajstić information content (AvgIpc) is 2.76. The van der Waals surface area contributed by atoms with E-state index in [1.54, 1.807) is 22.7 Å². The summed E-state index contributed by atoms with van der Waals surface area (Å²) in [6.07, 6.45) is 0.521. The normalized spacial score (nSPS) is 30.4. The summed E-state index contributed by atoms with van der Waals surface area (Å²) in [6, 6.07) is 0. The van der Waals surface area contributed by atoms with Crippen molar-refractivity contribution in [2.45, 2.75) is 20.6 Å². The van der Waals surface area contributed by atoms with E-state index in [1.165, 1.54) is 8.42 Å². The van der Waals surface area contributed by atoms with Gasteiger partial charge in [0.2, 0.25) is 0 Å². The third-order valence-corrected chi connectivity index (χ3v) is 8.01. The molecule has 1 aromatic rings. The SMILES string of the molecule is S=c1sc2c(s1)SC[C@@H]1OCO[C@H]1CS2. The van der Waals surface area contributed by atoms with Crippen LogP contribution in [0.1, 0.15) is 0 Å². The van der Waals surface area contributed by atoms with Gasteiger partial charge >= 0.3 is 0 Å². The van der Waals surface area contributed by atoms with Crippen molar-refractivity contribution in [3.63, 3.8) is 0 Å². The molecule has 2 aliphatic rings. The van der Waals surface area contributed by atoms with E-state index in [4.69, 9.17) is 21.7 Å². The lowest BCUT2D eigenvalue weighted by Gasteiger charge is -2.18. The van der Waals surface area contributed by atoms with Crippen LogP contribution in [0.25, 0.3) is 0 Å². The first-order valence-corrected chi connectivity index (χ1v) is 8.47. The highest BCUT2D eigenvalue weighted by atomic mass is 32.2. The molecule has 0 aliphatic carbocycles. The highest BCUT2D eigenvalue weighted by Crippen LogP contribution is 2.44. The quantitative estimate of drug-likeness (QED) is 0.680. The van der Waals surface area contributed by atoms with Gasteiger partial charge < -0.3 is 9.47 Å². The summed E-state index contributed by atoms with van der Waals surface area (Å²) in [4.78, 5) is 0. The smallest absolute Gasteiger partial charge is 0.147 e. The lowest BCUT2D eigenvalue weighted by molar-refractivity contribution is 0.0444. The van der Waals surface area contributed by atoms with Crippen LogP contribution in [0.4, 0.5) is 0 Å². The molecular formula is C8H8O2S5. The van der Waals surface area contributed by atoms with Gasteiger partial charge in [-0.3, -0.25) is 0 Å². The molecule has 0 aromatic carbocycles. The fraction of sp³-hybridized carbons (Fsp3) is 0.625. The molecule has 2 atom stereocenters. The lowest BCUT2D eigenvalue weighted by atomic mass is 10.3. The van der Waals surface area contributed by atoms with Crippen molar-refractivity contribution in [2.75, 3.05) is 18.3 Å². The highest BCUT2D eigenvalue weighted by molar-refractivity contribution is 8.05. The molecule has 3 rings (SSSR count). The van der Waals surface area contributed by atoms with Gasteiger partial charge in [0.1, 0.15) is 9.93 Å². The minimum absolute atomic E-state index is 0.260. The van der Waals surface area contributed by atoms with Gasteiger partial charge in [0, 0.05) is 11.5 Å². The summed E-state index contributed by atoms with van der Waals surface area (Å²) >= 11 is 12.4. The zero-order valence-corrected chi connectivity index (χ0v) is 11.7. The Morgan fingerprint density at radius 1 is 1.00 bits per heavy atom. The number of fused-ring (bicyclic) bond motifs is 2. The summed E-state index contributed by atoms with van der Waals surface area (Å²) in [5.74, 6) is 1.97. The monoisotopic (exact) mass is 296 g/mol. The van der Waals surface area contributed by atoms with Crippen molar-refractivity contribution >= 4 is 58.4 Å². The van der Waals surface area contributed by atoms with Crippen LogP contribution in [0.15, 0.2) is 8.42 Å². The van der Waals surface area contributed by atoms with Gasteiger partial charge in [-0.1, -0.05) is 12.2 Å². The molecule has 0 amide bonds. The fourth-order valence-electron chi connectivity index (χ4n) is 1.49. The van der Waals surface area contributed by atoms with E-state index in [1.807, 2.05) is 23.5 Å². The Kier molecular flexibility index (Phi) is 3.40. The van der Waals surface area contributed by atoms with Gasteiger partial charge in [-0.15, -0.1) is 46.2 Å². The minimum atomic E-state index is 0.260. The van der Waals surface area contributed by atoms with Crippen molar-refractivity contribution < 1.29 is 9.47 Å². The number of ether oxygens (including phenoxy) is 2. The van der Waals surface area contributed by atoms with Crippen molar-refractivity contribution in [3.8, 4) is 0 Å². The summed E-state index contributed by atoms with van der Waals surface area (Å²) in [6.45, 7) is 0.458. The first-order valence-electron chi connectivity index (χ1n) is 4.45. The second-order valence-corrected chi connectivity index (χ2v) is 8.98. The Morgan fingerprint density at radius 2 is 1.53 bits per heavy atom. The van der Waals surface area contributed by atoms with Gasteiger partial charge in [-0.25, -0.2) is 0 Å². The standard InChI is InChI=1S/C8H8O2S5/c11-8-14-6-7(15-8)13-2-5-4(1-12-6)9-3-10-5/h4-5H,1-3H2/t4-,5-/m0/s1. The van der Waals surface area contributed by atoms with Crippen molar-refractivity contribution in [1.29, 1.82) is 0 Å². The molecule has 82 valence electrons. The van der Waals surface area contributed by atoms with Crippen LogP contribution in [-0.4, -0.2) is 30.5 Å². The summed E-state index contributed by atoms with van der Waals surface area (Å²) in [7, 11) is 0. The molecule has 3 heterocycles. The van der Waals surface area contributed by atoms with Gasteiger partial charge in [-0.05, 0) is 0 Å². The summed E-state index contributed by atoms with van der Waals surface area (Å²) in [5.41, 5.74) is 0. The molecule has 0 N–H and O–H groups in total. The highest BCUT2D eigenvalue weighted by Gasteiger charge is 2.32. The summed E-state index contributed by atoms with van der Waals surface area (Å²) < 4.78 is 14.8. The lowest BCUT2D eigenvalue weighted by Crippen LogP contribution is -2.27. The van der Waals surface area contributed by atoms with E-state index >= 15 is 0 Å². The maximum absolute atomic E-state index is 5.54. The first-order chi connectivity index (χ1) is 7.33. The number of hydrogen-bond donors (Lipinski definition) is 0. The molecule has 2 nitrogen and oxygen atoms in total. The Bertz CT molecular complexity index is 377. The van der Waals surface area contributed by atoms with Crippen LogP contribution in [-0.2, 0) is 9.47 Å². The average molecular weight is 296 g/mol. The molecule has 7 heteroatoms. The summed E-state index contributed by atoms with van der Waals surface area (Å²) in [5, 5.41) is 0. The van der Waals surface area contributed by atoms with Gasteiger partial charge in [0.25, 0.3) is 0 Å². The van der Waals surface area contributed by atoms with E-state index in [-0.39, 0.29) is 12.2 Å². The second kappa shape index (κ2) is 4.64. The van der Waals surface area contributed by atoms with E-state index in [0.717, 1.165) is 14.6 Å². The number of hydrogen-bond acceptors (Lipinski definition) is 7. The Labute approximate surface area is 109 Å². The molecule has 0 bridgehead atoms. The molecule has 0 spiro atoms. The van der Waals surface area contributed by atoms with Crippen molar-refractivity contribution in [3.05, 3.63) is 3.14 Å². The molecule has 15 heavy (non-hydrogen) atoms. The van der Waals surface area contributed by atoms with Crippen LogP contribution in [0.2, 0.25) is 0 Å². The maximum Gasteiger partial charge on any atom is 0.147 e. The second-order valence-electron chi connectivity index (χ2n) is 3.18. The van der Waals surface area contributed by atoms with Crippen molar-refractivity contribution in [1.82, 2.24) is 0 Å². The number of rotatable bonds is 0. The largest absolute Gasteiger partial charge is 0.349 e. The van der Waals surface area contributed by atoms with Crippen LogP contribution in [0.3, 0.4) is 0 Å². The van der Waals surface area contributed by atoms with E-state index in [0.29, 0.717) is 6.79 Å². The number of thioether (sulfide) groups is 2. The molecule has 1 saturated heterocycles. The topological polar surface area (TPSA) is 18.5 Å². The molecule has 1 aromatic heterocycles. The first kappa shape index (κ1) is 11.0. The third kappa shape index (κ3) is 2.29. The molecule has 2 aliphatic heterocycles. The Hall–Kier alpha value is 0.890. The fourth-order valence-corrected chi connectivity index (χ4v) is 7.83. The van der Waals surface area contributed by atoms with Gasteiger partial charge in [0.15, 0.2) is 0 Å². The van der Waals surface area contributed by atoms with Crippen LogP contribution in [0, 0.1) is 3.14 Å². The predicted molar refractivity (Wildman–Crippen MR) is 69.1 cm³/mol. The van der Waals surface area contributed by atoms with Crippen LogP contribution in [0.5, 0.6) is 0 Å². The van der Waals surface area contributed by atoms with Gasteiger partial charge in [0.05, 0.1) is 20.6 Å². The molecule has 0 radical (unpaired) electrons. The van der Waals surface area contributed by atoms with Gasteiger partial charge in [-0.2, -0.15) is 0 Å². The van der Waals surface area contributed by atoms with Crippen LogP contribution < -0.4 is 0 Å². The Morgan fingerprint density at radius 3 is 2.07 bits per heavy atom. The van der Waals surface area contributed by atoms with Crippen molar-refractivity contribution in [2.24, 2.45) is 0 Å². The Balaban J connectivity index is 1.86. The zero-order valence-electron chi connectivity index (χ0n) is 7.63. The van der Waals surface area contributed by atoms with E-state index in [9.17, 15) is 0 Å². The molecule has 1 fully saturated rings. The minimum Gasteiger partial charge on any atom is -0.349 e.